The Morgan fingerprint density at radius 3 is 2.79 bits per heavy atom. The van der Waals surface area contributed by atoms with Crippen molar-refractivity contribution in [3.8, 4) is 0 Å². The molecule has 0 bridgehead atoms. The van der Waals surface area contributed by atoms with Gasteiger partial charge in [-0.05, 0) is 18.4 Å². The van der Waals surface area contributed by atoms with E-state index in [9.17, 15) is 15.0 Å². The summed E-state index contributed by atoms with van der Waals surface area (Å²) < 4.78 is 5.40. The van der Waals surface area contributed by atoms with E-state index in [4.69, 9.17) is 4.74 Å². The standard InChI is InChI=1S/C15H20O4/c1-7-4-13-10(8(2)14(17)19-13)6-15(18)9(3)12(16)5-11(7)15/h8,10-13,16,18H,1,3-6H2,2H3/t8-,10-,11+,12+,13-,15-/m1/s1. The van der Waals surface area contributed by atoms with Crippen LogP contribution in [0.25, 0.3) is 0 Å². The lowest BCUT2D eigenvalue weighted by Gasteiger charge is -2.32. The van der Waals surface area contributed by atoms with E-state index in [1.165, 1.54) is 0 Å². The Morgan fingerprint density at radius 2 is 2.11 bits per heavy atom. The molecule has 1 saturated heterocycles. The number of hydrogen-bond acceptors (Lipinski definition) is 4. The molecule has 0 aromatic carbocycles. The molecule has 0 radical (unpaired) electrons. The molecule has 3 rings (SSSR count). The number of esters is 1. The number of hydrogen-bond donors (Lipinski definition) is 2. The molecule has 0 amide bonds. The molecule has 0 aromatic heterocycles. The van der Waals surface area contributed by atoms with Gasteiger partial charge in [0.25, 0.3) is 0 Å². The molecule has 2 N–H and O–H groups in total. The first-order valence-corrected chi connectivity index (χ1v) is 6.82. The lowest BCUT2D eigenvalue weighted by Crippen LogP contribution is -2.38. The van der Waals surface area contributed by atoms with Crippen LogP contribution in [-0.2, 0) is 9.53 Å². The first-order valence-electron chi connectivity index (χ1n) is 6.82. The van der Waals surface area contributed by atoms with Gasteiger partial charge in [-0.3, -0.25) is 4.79 Å². The maximum absolute atomic E-state index is 11.7. The fourth-order valence-electron chi connectivity index (χ4n) is 3.95. The highest BCUT2D eigenvalue weighted by molar-refractivity contribution is 5.75. The summed E-state index contributed by atoms with van der Waals surface area (Å²) >= 11 is 0. The van der Waals surface area contributed by atoms with Gasteiger partial charge in [0.05, 0.1) is 17.6 Å². The van der Waals surface area contributed by atoms with E-state index in [1.807, 2.05) is 6.92 Å². The second kappa shape index (κ2) is 3.93. The maximum atomic E-state index is 11.7. The normalized spacial score (nSPS) is 49.6. The first kappa shape index (κ1) is 12.9. The third-order valence-corrected chi connectivity index (χ3v) is 5.26. The van der Waals surface area contributed by atoms with Crippen molar-refractivity contribution in [2.45, 2.75) is 44.0 Å². The smallest absolute Gasteiger partial charge is 0.309 e. The Kier molecular flexibility index (Phi) is 2.67. The minimum absolute atomic E-state index is 0.0266. The Labute approximate surface area is 112 Å². The van der Waals surface area contributed by atoms with Gasteiger partial charge in [0.1, 0.15) is 6.10 Å². The van der Waals surface area contributed by atoms with Gasteiger partial charge in [0, 0.05) is 18.3 Å². The van der Waals surface area contributed by atoms with Crippen LogP contribution in [0, 0.1) is 17.8 Å². The van der Waals surface area contributed by atoms with Crippen molar-refractivity contribution in [3.63, 3.8) is 0 Å². The van der Waals surface area contributed by atoms with Crippen molar-refractivity contribution in [3.05, 3.63) is 24.3 Å². The van der Waals surface area contributed by atoms with E-state index in [2.05, 4.69) is 13.2 Å². The number of ether oxygens (including phenoxy) is 1. The zero-order valence-electron chi connectivity index (χ0n) is 11.1. The number of aliphatic hydroxyl groups excluding tert-OH is 1. The van der Waals surface area contributed by atoms with Gasteiger partial charge in [-0.15, -0.1) is 0 Å². The fourth-order valence-corrected chi connectivity index (χ4v) is 3.95. The lowest BCUT2D eigenvalue weighted by molar-refractivity contribution is -0.143. The van der Waals surface area contributed by atoms with Gasteiger partial charge < -0.3 is 14.9 Å². The molecule has 4 heteroatoms. The van der Waals surface area contributed by atoms with Gasteiger partial charge in [-0.1, -0.05) is 25.7 Å². The molecule has 1 aliphatic heterocycles. The van der Waals surface area contributed by atoms with E-state index in [0.29, 0.717) is 24.8 Å². The highest BCUT2D eigenvalue weighted by atomic mass is 16.6. The lowest BCUT2D eigenvalue weighted by atomic mass is 9.77. The van der Waals surface area contributed by atoms with Gasteiger partial charge in [-0.2, -0.15) is 0 Å². The third-order valence-electron chi connectivity index (χ3n) is 5.26. The molecule has 4 nitrogen and oxygen atoms in total. The Bertz CT molecular complexity index is 469. The van der Waals surface area contributed by atoms with E-state index in [0.717, 1.165) is 5.57 Å². The summed E-state index contributed by atoms with van der Waals surface area (Å²) in [6, 6.07) is 0. The molecule has 0 aromatic rings. The third kappa shape index (κ3) is 1.63. The first-order chi connectivity index (χ1) is 8.84. The molecule has 0 unspecified atom stereocenters. The number of carbonyl (C=O) groups is 1. The molecular formula is C15H20O4. The summed E-state index contributed by atoms with van der Waals surface area (Å²) in [4.78, 5) is 11.7. The molecule has 1 heterocycles. The molecule has 19 heavy (non-hydrogen) atoms. The van der Waals surface area contributed by atoms with Crippen molar-refractivity contribution in [2.24, 2.45) is 17.8 Å². The molecule has 2 aliphatic carbocycles. The molecule has 6 atom stereocenters. The van der Waals surface area contributed by atoms with Gasteiger partial charge in [0.15, 0.2) is 0 Å². The van der Waals surface area contributed by atoms with E-state index in [1.54, 1.807) is 0 Å². The van der Waals surface area contributed by atoms with Crippen LogP contribution in [0.1, 0.15) is 26.2 Å². The number of rotatable bonds is 0. The van der Waals surface area contributed by atoms with Crippen molar-refractivity contribution in [1.82, 2.24) is 0 Å². The van der Waals surface area contributed by atoms with Crippen molar-refractivity contribution < 1.29 is 19.7 Å². The zero-order chi connectivity index (χ0) is 13.9. The monoisotopic (exact) mass is 264 g/mol. The van der Waals surface area contributed by atoms with Crippen LogP contribution in [0.15, 0.2) is 24.3 Å². The predicted octanol–water partition coefficient (Wildman–Crippen LogP) is 1.18. The molecule has 3 fully saturated rings. The van der Waals surface area contributed by atoms with Crippen LogP contribution >= 0.6 is 0 Å². The Hall–Kier alpha value is -1.13. The highest BCUT2D eigenvalue weighted by Gasteiger charge is 2.57. The summed E-state index contributed by atoms with van der Waals surface area (Å²) in [5, 5.41) is 20.9. The van der Waals surface area contributed by atoms with E-state index >= 15 is 0 Å². The number of carbonyl (C=O) groups excluding carboxylic acids is 1. The molecule has 104 valence electrons. The zero-order valence-corrected chi connectivity index (χ0v) is 11.1. The average Bonchev–Trinajstić information content (AvgIpc) is 2.68. The number of fused-ring (bicyclic) bond motifs is 2. The fraction of sp³-hybridized carbons (Fsp3) is 0.667. The summed E-state index contributed by atoms with van der Waals surface area (Å²) in [6.45, 7) is 9.74. The summed E-state index contributed by atoms with van der Waals surface area (Å²) in [5.41, 5.74) is 0.179. The minimum atomic E-state index is -1.14. The minimum Gasteiger partial charge on any atom is -0.461 e. The SMILES string of the molecule is C=C1C[C@H]2OC(=O)[C@H](C)[C@H]2C[C@@]2(O)C(=C)[C@@H](O)C[C@@H]12. The molecular weight excluding hydrogens is 244 g/mol. The highest BCUT2D eigenvalue weighted by Crippen LogP contribution is 2.53. The largest absolute Gasteiger partial charge is 0.461 e. The maximum Gasteiger partial charge on any atom is 0.309 e. The second-order valence-corrected chi connectivity index (χ2v) is 6.25. The number of aliphatic hydroxyl groups is 2. The van der Waals surface area contributed by atoms with E-state index < -0.39 is 11.7 Å². The van der Waals surface area contributed by atoms with Crippen molar-refractivity contribution in [1.29, 1.82) is 0 Å². The van der Waals surface area contributed by atoms with Crippen molar-refractivity contribution >= 4 is 5.97 Å². The van der Waals surface area contributed by atoms with Crippen molar-refractivity contribution in [2.75, 3.05) is 0 Å². The predicted molar refractivity (Wildman–Crippen MR) is 69.1 cm³/mol. The van der Waals surface area contributed by atoms with Gasteiger partial charge in [-0.25, -0.2) is 0 Å². The van der Waals surface area contributed by atoms with Crippen LogP contribution in [0.2, 0.25) is 0 Å². The van der Waals surface area contributed by atoms with Crippen LogP contribution in [0.5, 0.6) is 0 Å². The van der Waals surface area contributed by atoms with Crippen LogP contribution in [0.4, 0.5) is 0 Å². The molecule has 2 saturated carbocycles. The molecule has 3 aliphatic rings. The molecule has 0 spiro atoms. The van der Waals surface area contributed by atoms with Gasteiger partial charge >= 0.3 is 5.97 Å². The topological polar surface area (TPSA) is 66.8 Å². The Morgan fingerprint density at radius 1 is 1.42 bits per heavy atom. The van der Waals surface area contributed by atoms with Gasteiger partial charge in [0.2, 0.25) is 0 Å². The average molecular weight is 264 g/mol. The quantitative estimate of drug-likeness (QED) is 0.509. The van der Waals surface area contributed by atoms with Crippen LogP contribution in [-0.4, -0.2) is 34.0 Å². The van der Waals surface area contributed by atoms with Crippen LogP contribution in [0.3, 0.4) is 0 Å². The Balaban J connectivity index is 1.99. The van der Waals surface area contributed by atoms with Crippen LogP contribution < -0.4 is 0 Å². The van der Waals surface area contributed by atoms with E-state index in [-0.39, 0.29) is 29.8 Å². The summed E-state index contributed by atoms with van der Waals surface area (Å²) in [5.74, 6) is -0.618. The summed E-state index contributed by atoms with van der Waals surface area (Å²) in [7, 11) is 0. The summed E-state index contributed by atoms with van der Waals surface area (Å²) in [6.07, 6.45) is 0.597. The second-order valence-electron chi connectivity index (χ2n) is 6.25.